The third-order valence-corrected chi connectivity index (χ3v) is 8.11. The van der Waals surface area contributed by atoms with Gasteiger partial charge in [-0.15, -0.1) is 11.3 Å². The summed E-state index contributed by atoms with van der Waals surface area (Å²) in [6.45, 7) is 6.27. The van der Waals surface area contributed by atoms with E-state index in [-0.39, 0.29) is 5.91 Å². The lowest BCUT2D eigenvalue weighted by molar-refractivity contribution is -0.111. The summed E-state index contributed by atoms with van der Waals surface area (Å²) in [5.74, 6) is 0.871. The average molecular weight is 555 g/mol. The molecule has 1 saturated heterocycles. The smallest absolute Gasteiger partial charge is 0.247 e. The molecule has 1 aliphatic rings. The second kappa shape index (κ2) is 10.6. The molecule has 1 fully saturated rings. The van der Waals surface area contributed by atoms with Crippen molar-refractivity contribution in [3.8, 4) is 17.0 Å². The number of carbonyl (C=O) groups excluding carboxylic acids is 1. The zero-order chi connectivity index (χ0) is 27.8. The van der Waals surface area contributed by atoms with Gasteiger partial charge in [0.15, 0.2) is 0 Å². The van der Waals surface area contributed by atoms with Crippen molar-refractivity contribution < 1.29 is 14.3 Å². The summed E-state index contributed by atoms with van der Waals surface area (Å²) in [6, 6.07) is 14.2. The van der Waals surface area contributed by atoms with Gasteiger partial charge >= 0.3 is 0 Å². The Morgan fingerprint density at radius 2 is 2.00 bits per heavy atom. The van der Waals surface area contributed by atoms with Crippen molar-refractivity contribution in [2.75, 3.05) is 55.6 Å². The van der Waals surface area contributed by atoms with Gasteiger partial charge in [0.25, 0.3) is 0 Å². The highest BCUT2D eigenvalue weighted by Gasteiger charge is 2.24. The van der Waals surface area contributed by atoms with Crippen LogP contribution in [0.1, 0.15) is 0 Å². The number of benzene rings is 2. The number of anilines is 4. The lowest BCUT2D eigenvalue weighted by Crippen LogP contribution is -2.36. The number of aromatic nitrogens is 3. The topological polar surface area (TPSA) is 84.8 Å². The lowest BCUT2D eigenvalue weighted by Gasteiger charge is -2.32. The molecule has 0 unspecified atom stereocenters. The van der Waals surface area contributed by atoms with Crippen molar-refractivity contribution in [3.63, 3.8) is 0 Å². The van der Waals surface area contributed by atoms with E-state index in [1.54, 1.807) is 18.4 Å². The van der Waals surface area contributed by atoms with Crippen LogP contribution in [-0.2, 0) is 16.6 Å². The maximum Gasteiger partial charge on any atom is 0.247 e. The number of nitrogens with one attached hydrogen (secondary N) is 1. The van der Waals surface area contributed by atoms with Gasteiger partial charge in [-0.25, -0.2) is 9.97 Å². The first kappa shape index (κ1) is 25.8. The molecule has 0 bridgehead atoms. The number of hydrogen-bond acceptors (Lipinski definition) is 8. The summed E-state index contributed by atoms with van der Waals surface area (Å²) < 4.78 is 14.6. The molecular formula is C30H30N6O3S. The molecule has 1 aliphatic heterocycles. The molecule has 204 valence electrons. The normalized spacial score (nSPS) is 13.5. The third kappa shape index (κ3) is 4.55. The molecule has 0 spiro atoms. The van der Waals surface area contributed by atoms with Gasteiger partial charge in [0.1, 0.15) is 5.75 Å². The van der Waals surface area contributed by atoms with Crippen LogP contribution in [0.3, 0.4) is 0 Å². The summed E-state index contributed by atoms with van der Waals surface area (Å²) in [5.41, 5.74) is 6.17. The predicted octanol–water partition coefficient (Wildman–Crippen LogP) is 5.59. The molecule has 0 saturated carbocycles. The van der Waals surface area contributed by atoms with Gasteiger partial charge < -0.3 is 29.2 Å². The van der Waals surface area contributed by atoms with E-state index in [1.165, 1.54) is 6.08 Å². The van der Waals surface area contributed by atoms with Crippen molar-refractivity contribution in [1.29, 1.82) is 0 Å². The minimum atomic E-state index is -0.289. The number of ether oxygens (including phenoxy) is 2. The van der Waals surface area contributed by atoms with Crippen molar-refractivity contribution in [2.24, 2.45) is 7.05 Å². The van der Waals surface area contributed by atoms with Gasteiger partial charge in [0.05, 0.1) is 53.3 Å². The number of thiophene rings is 1. The van der Waals surface area contributed by atoms with Crippen molar-refractivity contribution >= 4 is 61.4 Å². The van der Waals surface area contributed by atoms with E-state index in [0.717, 1.165) is 43.8 Å². The van der Waals surface area contributed by atoms with Gasteiger partial charge in [-0.05, 0) is 29.7 Å². The minimum absolute atomic E-state index is 0.289. The van der Waals surface area contributed by atoms with Gasteiger partial charge in [-0.1, -0.05) is 24.8 Å². The number of methoxy groups -OCH3 is 1. The Labute approximate surface area is 236 Å². The maximum absolute atomic E-state index is 12.4. The third-order valence-electron chi connectivity index (χ3n) is 7.20. The Bertz CT molecular complexity index is 1740. The molecule has 1 N–H and O–H groups in total. The van der Waals surface area contributed by atoms with Gasteiger partial charge in [-0.2, -0.15) is 0 Å². The van der Waals surface area contributed by atoms with Crippen LogP contribution < -0.4 is 19.9 Å². The Kier molecular flexibility index (Phi) is 6.87. The zero-order valence-corrected chi connectivity index (χ0v) is 23.5. The number of rotatable bonds is 7. The number of para-hydroxylation sites is 1. The molecule has 4 heterocycles. The van der Waals surface area contributed by atoms with E-state index in [0.29, 0.717) is 43.7 Å². The monoisotopic (exact) mass is 554 g/mol. The predicted molar refractivity (Wildman–Crippen MR) is 162 cm³/mol. The summed E-state index contributed by atoms with van der Waals surface area (Å²) >= 11 is 1.63. The zero-order valence-electron chi connectivity index (χ0n) is 22.7. The van der Waals surface area contributed by atoms with E-state index in [2.05, 4.69) is 39.7 Å². The van der Waals surface area contributed by atoms with E-state index in [4.69, 9.17) is 19.4 Å². The van der Waals surface area contributed by atoms with Gasteiger partial charge in [0, 0.05) is 55.9 Å². The fourth-order valence-corrected chi connectivity index (χ4v) is 5.99. The molecule has 2 aromatic carbocycles. The number of nitrogens with zero attached hydrogens (tertiary/aromatic N) is 5. The Hall–Kier alpha value is -4.41. The molecule has 6 rings (SSSR count). The molecule has 40 heavy (non-hydrogen) atoms. The van der Waals surface area contributed by atoms with E-state index in [1.807, 2.05) is 54.7 Å². The Morgan fingerprint density at radius 1 is 1.20 bits per heavy atom. The number of morpholine rings is 1. The first-order valence-corrected chi connectivity index (χ1v) is 13.9. The van der Waals surface area contributed by atoms with E-state index in [9.17, 15) is 4.79 Å². The summed E-state index contributed by atoms with van der Waals surface area (Å²) in [7, 11) is 5.60. The van der Waals surface area contributed by atoms with E-state index >= 15 is 0 Å². The van der Waals surface area contributed by atoms with Crippen LogP contribution >= 0.6 is 11.3 Å². The highest BCUT2D eigenvalue weighted by atomic mass is 32.1. The molecule has 9 nitrogen and oxygen atoms in total. The SMILES string of the molecule is C=CC(=O)Nc1cc(N(C)c2nc(-c3cn(C)c4ccccc34)c3sccc3n2)c(OC)cc1N1CCOCC1. The van der Waals surface area contributed by atoms with Crippen molar-refractivity contribution in [3.05, 3.63) is 66.7 Å². The maximum atomic E-state index is 12.4. The summed E-state index contributed by atoms with van der Waals surface area (Å²) in [6.07, 6.45) is 3.39. The molecule has 10 heteroatoms. The minimum Gasteiger partial charge on any atom is -0.494 e. The molecule has 3 aromatic heterocycles. The van der Waals surface area contributed by atoms with Crippen LogP contribution in [0.4, 0.5) is 23.0 Å². The Balaban J connectivity index is 1.49. The number of carbonyl (C=O) groups is 1. The second-order valence-corrected chi connectivity index (χ2v) is 10.5. The van der Waals surface area contributed by atoms with Gasteiger partial charge in [0.2, 0.25) is 11.9 Å². The lowest BCUT2D eigenvalue weighted by atomic mass is 10.1. The molecule has 0 atom stereocenters. The van der Waals surface area contributed by atoms with Crippen LogP contribution in [0, 0.1) is 0 Å². The van der Waals surface area contributed by atoms with Crippen LogP contribution in [0.15, 0.2) is 66.7 Å². The quantitative estimate of drug-likeness (QED) is 0.263. The largest absolute Gasteiger partial charge is 0.494 e. The van der Waals surface area contributed by atoms with Crippen LogP contribution in [0.25, 0.3) is 32.4 Å². The molecular weight excluding hydrogens is 524 g/mol. The standard InChI is InChI=1S/C30H30N6O3S/c1-5-27(37)31-22-16-25(26(38-4)17-24(22)36-11-13-39-14-12-36)35(3)30-32-21-10-15-40-29(21)28(33-30)20-18-34(2)23-9-7-6-8-19(20)23/h5-10,15-18H,1,11-14H2,2-4H3,(H,31,37). The second-order valence-electron chi connectivity index (χ2n) is 9.57. The summed E-state index contributed by atoms with van der Waals surface area (Å²) in [4.78, 5) is 26.5. The first-order valence-electron chi connectivity index (χ1n) is 13.0. The Morgan fingerprint density at radius 3 is 2.77 bits per heavy atom. The number of hydrogen-bond donors (Lipinski definition) is 1. The highest BCUT2D eigenvalue weighted by molar-refractivity contribution is 7.17. The first-order chi connectivity index (χ1) is 19.5. The van der Waals surface area contributed by atoms with Crippen LogP contribution in [0.5, 0.6) is 5.75 Å². The van der Waals surface area contributed by atoms with Crippen LogP contribution in [-0.4, -0.2) is 60.9 Å². The van der Waals surface area contributed by atoms with E-state index < -0.39 is 0 Å². The van der Waals surface area contributed by atoms with Gasteiger partial charge in [-0.3, -0.25) is 4.79 Å². The fraction of sp³-hybridized carbons (Fsp3) is 0.233. The number of aryl methyl sites for hydroxylation is 1. The summed E-state index contributed by atoms with van der Waals surface area (Å²) in [5, 5.41) is 6.15. The number of fused-ring (bicyclic) bond motifs is 2. The molecule has 0 radical (unpaired) electrons. The molecule has 0 aliphatic carbocycles. The van der Waals surface area contributed by atoms with Crippen molar-refractivity contribution in [1.82, 2.24) is 14.5 Å². The van der Waals surface area contributed by atoms with Crippen LogP contribution in [0.2, 0.25) is 0 Å². The average Bonchev–Trinajstić information content (AvgIpc) is 3.61. The number of amides is 1. The van der Waals surface area contributed by atoms with Crippen molar-refractivity contribution in [2.45, 2.75) is 0 Å². The highest BCUT2D eigenvalue weighted by Crippen LogP contribution is 2.42. The molecule has 5 aromatic rings. The fourth-order valence-electron chi connectivity index (χ4n) is 5.15. The molecule has 1 amide bonds.